The summed E-state index contributed by atoms with van der Waals surface area (Å²) in [4.78, 5) is 0. The topological polar surface area (TPSA) is 0 Å². The van der Waals surface area contributed by atoms with E-state index in [-0.39, 0.29) is 0 Å². The van der Waals surface area contributed by atoms with Gasteiger partial charge in [-0.3, -0.25) is 0 Å². The molecule has 1 aromatic carbocycles. The van der Waals surface area contributed by atoms with Crippen LogP contribution in [0.2, 0.25) is 0 Å². The van der Waals surface area contributed by atoms with Crippen LogP contribution in [-0.2, 0) is 0 Å². The molecule has 2 aliphatic rings. The fourth-order valence-corrected chi connectivity index (χ4v) is 5.97. The summed E-state index contributed by atoms with van der Waals surface area (Å²) < 4.78 is 0. The minimum atomic E-state index is 0.830. The van der Waals surface area contributed by atoms with Gasteiger partial charge in [0.1, 0.15) is 0 Å². The molecular weight excluding hydrogens is 336 g/mol. The summed E-state index contributed by atoms with van der Waals surface area (Å²) in [6.07, 6.45) is 20.1. The number of unbranched alkanes of at least 4 members (excludes halogenated alkanes) is 2. The summed E-state index contributed by atoms with van der Waals surface area (Å²) in [6, 6.07) is 9.95. The summed E-state index contributed by atoms with van der Waals surface area (Å²) in [5, 5.41) is 0. The maximum atomic E-state index is 2.49. The quantitative estimate of drug-likeness (QED) is 0.373. The lowest BCUT2D eigenvalue weighted by Crippen LogP contribution is -2.16. The predicted molar refractivity (Wildman–Crippen MR) is 124 cm³/mol. The van der Waals surface area contributed by atoms with Gasteiger partial charge < -0.3 is 0 Å². The zero-order valence-electron chi connectivity index (χ0n) is 19.1. The van der Waals surface area contributed by atoms with Crippen LogP contribution in [0.25, 0.3) is 0 Å². The first kappa shape index (κ1) is 21.9. The van der Waals surface area contributed by atoms with Gasteiger partial charge in [-0.25, -0.2) is 0 Å². The van der Waals surface area contributed by atoms with Crippen molar-refractivity contribution in [2.24, 2.45) is 17.8 Å². The smallest absolute Gasteiger partial charge is 0.0162 e. The molecule has 0 aliphatic heterocycles. The van der Waals surface area contributed by atoms with Gasteiger partial charge >= 0.3 is 0 Å². The Balaban J connectivity index is 1.43. The van der Waals surface area contributed by atoms with Crippen molar-refractivity contribution >= 4 is 0 Å². The lowest BCUT2D eigenvalue weighted by Gasteiger charge is -2.31. The van der Waals surface area contributed by atoms with E-state index in [1.54, 1.807) is 11.1 Å². The van der Waals surface area contributed by atoms with Crippen molar-refractivity contribution in [3.05, 3.63) is 35.4 Å². The van der Waals surface area contributed by atoms with Gasteiger partial charge in [0, 0.05) is 0 Å². The van der Waals surface area contributed by atoms with Crippen molar-refractivity contribution in [2.75, 3.05) is 0 Å². The molecule has 2 fully saturated rings. The maximum absolute atomic E-state index is 2.49. The number of hydrogen-bond acceptors (Lipinski definition) is 0. The summed E-state index contributed by atoms with van der Waals surface area (Å²) in [5.41, 5.74) is 3.25. The van der Waals surface area contributed by atoms with Crippen molar-refractivity contribution in [2.45, 2.75) is 122 Å². The van der Waals surface area contributed by atoms with Crippen molar-refractivity contribution in [1.29, 1.82) is 0 Å². The predicted octanol–water partition coefficient (Wildman–Crippen LogP) is 9.25. The van der Waals surface area contributed by atoms with Gasteiger partial charge in [-0.15, -0.1) is 0 Å². The first-order chi connectivity index (χ1) is 13.7. The standard InChI is InChI=1S/C28H46/c1-4-6-7-8-23-9-13-25(14-10-23)27-17-19-28(20-18-27)26-15-11-24(12-16-26)21-22(3)5-2/h17-20,22-26H,4-16,21H2,1-3H3. The van der Waals surface area contributed by atoms with Crippen LogP contribution in [0.4, 0.5) is 0 Å². The van der Waals surface area contributed by atoms with Gasteiger partial charge in [-0.1, -0.05) is 77.1 Å². The van der Waals surface area contributed by atoms with Crippen molar-refractivity contribution in [3.8, 4) is 0 Å². The van der Waals surface area contributed by atoms with E-state index in [0.717, 1.165) is 29.6 Å². The van der Waals surface area contributed by atoms with E-state index in [1.165, 1.54) is 89.9 Å². The molecule has 0 radical (unpaired) electrons. The summed E-state index contributed by atoms with van der Waals surface area (Å²) in [7, 11) is 0. The van der Waals surface area contributed by atoms with Gasteiger partial charge in [0.25, 0.3) is 0 Å². The monoisotopic (exact) mass is 382 g/mol. The molecule has 0 saturated heterocycles. The zero-order chi connectivity index (χ0) is 19.8. The molecule has 1 unspecified atom stereocenters. The van der Waals surface area contributed by atoms with Crippen LogP contribution in [0.15, 0.2) is 24.3 Å². The Kier molecular flexibility index (Phi) is 8.94. The molecule has 0 N–H and O–H groups in total. The Morgan fingerprint density at radius 3 is 1.68 bits per heavy atom. The Bertz CT molecular complexity index is 526. The van der Waals surface area contributed by atoms with E-state index in [1.807, 2.05) is 0 Å². The van der Waals surface area contributed by atoms with E-state index >= 15 is 0 Å². The highest BCUT2D eigenvalue weighted by Crippen LogP contribution is 2.41. The molecule has 3 rings (SSSR count). The van der Waals surface area contributed by atoms with Crippen LogP contribution in [0.1, 0.15) is 134 Å². The second-order valence-electron chi connectivity index (χ2n) is 10.3. The molecule has 0 nitrogen and oxygen atoms in total. The fraction of sp³-hybridized carbons (Fsp3) is 0.786. The molecule has 1 atom stereocenters. The number of hydrogen-bond donors (Lipinski definition) is 0. The molecule has 28 heavy (non-hydrogen) atoms. The number of rotatable bonds is 9. The Morgan fingerprint density at radius 1 is 0.714 bits per heavy atom. The second kappa shape index (κ2) is 11.4. The lowest BCUT2D eigenvalue weighted by atomic mass is 9.74. The van der Waals surface area contributed by atoms with Crippen LogP contribution >= 0.6 is 0 Å². The highest BCUT2D eigenvalue weighted by Gasteiger charge is 2.25. The van der Waals surface area contributed by atoms with Crippen LogP contribution in [0, 0.1) is 17.8 Å². The molecule has 0 amide bonds. The molecule has 0 heterocycles. The normalized spacial score (nSPS) is 29.5. The van der Waals surface area contributed by atoms with Crippen molar-refractivity contribution in [3.63, 3.8) is 0 Å². The van der Waals surface area contributed by atoms with Crippen molar-refractivity contribution in [1.82, 2.24) is 0 Å². The molecule has 0 bridgehead atoms. The van der Waals surface area contributed by atoms with E-state index in [0.29, 0.717) is 0 Å². The Morgan fingerprint density at radius 2 is 1.21 bits per heavy atom. The Hall–Kier alpha value is -0.780. The molecule has 2 saturated carbocycles. The zero-order valence-corrected chi connectivity index (χ0v) is 19.1. The maximum Gasteiger partial charge on any atom is -0.0162 e. The van der Waals surface area contributed by atoms with Gasteiger partial charge in [0.2, 0.25) is 0 Å². The van der Waals surface area contributed by atoms with Crippen LogP contribution in [-0.4, -0.2) is 0 Å². The lowest BCUT2D eigenvalue weighted by molar-refractivity contribution is 0.273. The van der Waals surface area contributed by atoms with E-state index < -0.39 is 0 Å². The highest BCUT2D eigenvalue weighted by molar-refractivity contribution is 5.28. The van der Waals surface area contributed by atoms with Gasteiger partial charge in [0.05, 0.1) is 0 Å². The fourth-order valence-electron chi connectivity index (χ4n) is 5.97. The molecular formula is C28H46. The third-order valence-electron chi connectivity index (χ3n) is 8.22. The average Bonchev–Trinajstić information content (AvgIpc) is 2.75. The summed E-state index contributed by atoms with van der Waals surface area (Å²) in [5.74, 6) is 4.60. The van der Waals surface area contributed by atoms with Gasteiger partial charge in [-0.05, 0) is 98.5 Å². The van der Waals surface area contributed by atoms with E-state index in [4.69, 9.17) is 0 Å². The first-order valence-electron chi connectivity index (χ1n) is 12.8. The third-order valence-corrected chi connectivity index (χ3v) is 8.22. The van der Waals surface area contributed by atoms with Crippen LogP contribution < -0.4 is 0 Å². The number of benzene rings is 1. The summed E-state index contributed by atoms with van der Waals surface area (Å²) in [6.45, 7) is 7.10. The Labute approximate surface area is 175 Å². The van der Waals surface area contributed by atoms with Crippen molar-refractivity contribution < 1.29 is 0 Å². The molecule has 1 aromatic rings. The average molecular weight is 383 g/mol. The molecule has 158 valence electrons. The van der Waals surface area contributed by atoms with Gasteiger partial charge in [-0.2, -0.15) is 0 Å². The van der Waals surface area contributed by atoms with Crippen LogP contribution in [0.5, 0.6) is 0 Å². The highest BCUT2D eigenvalue weighted by atomic mass is 14.3. The third kappa shape index (κ3) is 6.36. The second-order valence-corrected chi connectivity index (χ2v) is 10.3. The SMILES string of the molecule is CCCCCC1CCC(c2ccc(C3CCC(CC(C)CC)CC3)cc2)CC1. The minimum Gasteiger partial charge on any atom is -0.0654 e. The summed E-state index contributed by atoms with van der Waals surface area (Å²) >= 11 is 0. The molecule has 0 aromatic heterocycles. The minimum absolute atomic E-state index is 0.830. The molecule has 0 heteroatoms. The van der Waals surface area contributed by atoms with Crippen LogP contribution in [0.3, 0.4) is 0 Å². The largest absolute Gasteiger partial charge is 0.0654 e. The first-order valence-corrected chi connectivity index (χ1v) is 12.8. The van der Waals surface area contributed by atoms with E-state index in [9.17, 15) is 0 Å². The molecule has 0 spiro atoms. The van der Waals surface area contributed by atoms with E-state index in [2.05, 4.69) is 45.0 Å². The van der Waals surface area contributed by atoms with Gasteiger partial charge in [0.15, 0.2) is 0 Å². The molecule has 2 aliphatic carbocycles.